The lowest BCUT2D eigenvalue weighted by atomic mass is 10.2. The van der Waals surface area contributed by atoms with Crippen LogP contribution in [0.3, 0.4) is 0 Å². The second kappa shape index (κ2) is 9.05. The van der Waals surface area contributed by atoms with Gasteiger partial charge in [0.05, 0.1) is 15.6 Å². The molecule has 0 unspecified atom stereocenters. The van der Waals surface area contributed by atoms with Gasteiger partial charge in [-0.2, -0.15) is 0 Å². The van der Waals surface area contributed by atoms with Crippen LogP contribution in [0, 0.1) is 6.20 Å². The first kappa shape index (κ1) is 20.1. The largest absolute Gasteiger partial charge is 0.305 e. The van der Waals surface area contributed by atoms with E-state index in [9.17, 15) is 13.2 Å². The molecule has 1 aromatic carbocycles. The first-order chi connectivity index (χ1) is 12.9. The summed E-state index contributed by atoms with van der Waals surface area (Å²) < 4.78 is 26.6. The van der Waals surface area contributed by atoms with E-state index in [0.29, 0.717) is 24.4 Å². The summed E-state index contributed by atoms with van der Waals surface area (Å²) in [6.45, 7) is 2.62. The molecule has 2 heterocycles. The molecule has 0 atom stereocenters. The third kappa shape index (κ3) is 5.68. The van der Waals surface area contributed by atoms with Gasteiger partial charge < -0.3 is 4.90 Å². The summed E-state index contributed by atoms with van der Waals surface area (Å²) in [6, 6.07) is 9.89. The third-order valence-corrected chi connectivity index (χ3v) is 7.48. The Bertz CT molecular complexity index is 865. The van der Waals surface area contributed by atoms with Crippen LogP contribution >= 0.6 is 11.3 Å². The second-order valence-electron chi connectivity index (χ2n) is 6.76. The summed E-state index contributed by atoms with van der Waals surface area (Å²) >= 11 is 1.29. The summed E-state index contributed by atoms with van der Waals surface area (Å²) in [5, 5.41) is 0.808. The number of nitrogens with zero attached hydrogens (tertiary/aromatic N) is 3. The zero-order chi connectivity index (χ0) is 19.3. The smallest absolute Gasteiger partial charge is 0.214 e. The van der Waals surface area contributed by atoms with Crippen molar-refractivity contribution in [1.82, 2.24) is 14.2 Å². The van der Waals surface area contributed by atoms with Gasteiger partial charge in [0.1, 0.15) is 6.20 Å². The molecule has 0 spiro atoms. The van der Waals surface area contributed by atoms with E-state index in [1.54, 1.807) is 0 Å². The van der Waals surface area contributed by atoms with E-state index in [-0.39, 0.29) is 18.0 Å². The van der Waals surface area contributed by atoms with Crippen molar-refractivity contribution in [3.05, 3.63) is 52.0 Å². The van der Waals surface area contributed by atoms with Crippen molar-refractivity contribution in [3.63, 3.8) is 0 Å². The van der Waals surface area contributed by atoms with Gasteiger partial charge in [0, 0.05) is 32.5 Å². The van der Waals surface area contributed by atoms with Gasteiger partial charge in [0.2, 0.25) is 10.0 Å². The van der Waals surface area contributed by atoms with Gasteiger partial charge >= 0.3 is 0 Å². The minimum Gasteiger partial charge on any atom is -0.305 e. The van der Waals surface area contributed by atoms with Crippen LogP contribution in [0.25, 0.3) is 0 Å². The second-order valence-corrected chi connectivity index (χ2v) is 9.93. The summed E-state index contributed by atoms with van der Waals surface area (Å²) in [5.74, 6) is -0.364. The molecule has 8 heteroatoms. The maximum absolute atomic E-state index is 12.6. The van der Waals surface area contributed by atoms with Crippen molar-refractivity contribution < 1.29 is 13.2 Å². The predicted octanol–water partition coefficient (Wildman–Crippen LogP) is 2.07. The van der Waals surface area contributed by atoms with Gasteiger partial charge in [-0.1, -0.05) is 30.3 Å². The Hall–Kier alpha value is -1.61. The lowest BCUT2D eigenvalue weighted by Gasteiger charge is -2.19. The molecular formula is C19H24N3O3S2. The molecule has 2 aromatic rings. The van der Waals surface area contributed by atoms with Gasteiger partial charge in [-0.25, -0.2) is 17.7 Å². The summed E-state index contributed by atoms with van der Waals surface area (Å²) in [6.07, 6.45) is 4.19. The first-order valence-electron chi connectivity index (χ1n) is 9.05. The molecule has 0 bridgehead atoms. The Morgan fingerprint density at radius 2 is 1.96 bits per heavy atom. The van der Waals surface area contributed by atoms with Crippen molar-refractivity contribution in [2.45, 2.75) is 19.3 Å². The van der Waals surface area contributed by atoms with Crippen LogP contribution < -0.4 is 0 Å². The van der Waals surface area contributed by atoms with E-state index in [1.807, 2.05) is 37.4 Å². The van der Waals surface area contributed by atoms with Crippen LogP contribution in [0.5, 0.6) is 0 Å². The van der Waals surface area contributed by atoms with E-state index < -0.39 is 10.0 Å². The molecule has 0 aliphatic carbocycles. The molecule has 145 valence electrons. The Balaban J connectivity index is 1.56. The zero-order valence-corrected chi connectivity index (χ0v) is 17.1. The van der Waals surface area contributed by atoms with E-state index >= 15 is 0 Å². The van der Waals surface area contributed by atoms with Gasteiger partial charge in [-0.05, 0) is 25.6 Å². The first-order valence-corrected chi connectivity index (χ1v) is 11.5. The average Bonchev–Trinajstić information content (AvgIpc) is 3.00. The number of aromatic nitrogens is 1. The number of thiazole rings is 1. The highest BCUT2D eigenvalue weighted by atomic mass is 32.2. The number of ketones is 1. The highest BCUT2D eigenvalue weighted by Gasteiger charge is 2.25. The molecule has 0 amide bonds. The average molecular weight is 407 g/mol. The minimum absolute atomic E-state index is 0.0296. The van der Waals surface area contributed by atoms with Crippen molar-refractivity contribution in [1.29, 1.82) is 0 Å². The number of carbonyl (C=O) groups excluding carboxylic acids is 1. The Labute approximate surface area is 164 Å². The standard InChI is InChI=1S/C19H24N3O3S2/c1-21-9-5-10-22(12-11-21)27(24,25)13-8-17(23)18-15-20-19(26-18)14-16-6-3-2-4-7-16/h2-4,6-7H,5,8-14H2,1H3. The van der Waals surface area contributed by atoms with Crippen LogP contribution in [-0.2, 0) is 16.4 Å². The van der Waals surface area contributed by atoms with Gasteiger partial charge in [-0.3, -0.25) is 4.79 Å². The van der Waals surface area contributed by atoms with Crippen molar-refractivity contribution >= 4 is 27.1 Å². The summed E-state index contributed by atoms with van der Waals surface area (Å²) in [5.41, 5.74) is 1.12. The van der Waals surface area contributed by atoms with Crippen LogP contribution in [0.15, 0.2) is 30.3 Å². The van der Waals surface area contributed by atoms with Crippen molar-refractivity contribution in [2.75, 3.05) is 39.0 Å². The molecule has 0 saturated carbocycles. The number of rotatable bonds is 7. The summed E-state index contributed by atoms with van der Waals surface area (Å²) in [4.78, 5) is 19.1. The maximum atomic E-state index is 12.6. The Kier molecular flexibility index (Phi) is 6.75. The zero-order valence-electron chi connectivity index (χ0n) is 15.4. The fourth-order valence-electron chi connectivity index (χ4n) is 3.01. The van der Waals surface area contributed by atoms with E-state index in [0.717, 1.165) is 30.1 Å². The molecule has 1 fully saturated rings. The molecule has 1 radical (unpaired) electrons. The molecular weight excluding hydrogens is 382 g/mol. The van der Waals surface area contributed by atoms with Crippen LogP contribution in [0.2, 0.25) is 0 Å². The number of benzene rings is 1. The SMILES string of the molecule is CN1CCCN(S(=O)(=O)CCC(=O)c2[c]nc(Cc3ccccc3)s2)CC1. The number of hydrogen-bond donors (Lipinski definition) is 0. The number of carbonyl (C=O) groups is 1. The molecule has 1 saturated heterocycles. The Morgan fingerprint density at radius 3 is 2.74 bits per heavy atom. The van der Waals surface area contributed by atoms with Crippen LogP contribution in [-0.4, -0.2) is 67.4 Å². The molecule has 1 aliphatic heterocycles. The van der Waals surface area contributed by atoms with E-state index in [1.165, 1.54) is 15.6 Å². The minimum atomic E-state index is -3.42. The predicted molar refractivity (Wildman–Crippen MR) is 107 cm³/mol. The number of hydrogen-bond acceptors (Lipinski definition) is 6. The topological polar surface area (TPSA) is 70.6 Å². The van der Waals surface area contributed by atoms with Crippen molar-refractivity contribution in [3.8, 4) is 0 Å². The van der Waals surface area contributed by atoms with Gasteiger partial charge in [-0.15, -0.1) is 11.3 Å². The molecule has 27 heavy (non-hydrogen) atoms. The Morgan fingerprint density at radius 1 is 1.19 bits per heavy atom. The van der Waals surface area contributed by atoms with Gasteiger partial charge in [0.15, 0.2) is 5.78 Å². The van der Waals surface area contributed by atoms with Crippen LogP contribution in [0.4, 0.5) is 0 Å². The summed E-state index contributed by atoms with van der Waals surface area (Å²) in [7, 11) is -1.43. The normalized spacial score (nSPS) is 16.9. The highest BCUT2D eigenvalue weighted by molar-refractivity contribution is 7.89. The highest BCUT2D eigenvalue weighted by Crippen LogP contribution is 2.19. The lowest BCUT2D eigenvalue weighted by Crippen LogP contribution is -2.36. The number of sulfonamides is 1. The van der Waals surface area contributed by atoms with Gasteiger partial charge in [0.25, 0.3) is 0 Å². The number of Topliss-reactive ketones (excluding diaryl/α,β-unsaturated/α-hetero) is 1. The quantitative estimate of drug-likeness (QED) is 0.659. The lowest BCUT2D eigenvalue weighted by molar-refractivity contribution is 0.0991. The molecule has 3 rings (SSSR count). The monoisotopic (exact) mass is 406 g/mol. The fourth-order valence-corrected chi connectivity index (χ4v) is 5.35. The number of likely N-dealkylation sites (N-methyl/N-ethyl adjacent to an activating group) is 1. The van der Waals surface area contributed by atoms with Crippen LogP contribution in [0.1, 0.15) is 33.1 Å². The molecule has 1 aromatic heterocycles. The third-order valence-electron chi connectivity index (χ3n) is 4.61. The van der Waals surface area contributed by atoms with E-state index in [4.69, 9.17) is 0 Å². The van der Waals surface area contributed by atoms with E-state index in [2.05, 4.69) is 16.1 Å². The molecule has 1 aliphatic rings. The molecule has 0 N–H and O–H groups in total. The van der Waals surface area contributed by atoms with Crippen molar-refractivity contribution in [2.24, 2.45) is 0 Å². The molecule has 6 nitrogen and oxygen atoms in total. The fraction of sp³-hybridized carbons (Fsp3) is 0.474. The maximum Gasteiger partial charge on any atom is 0.214 e.